The molecule has 0 unspecified atom stereocenters. The van der Waals surface area contributed by atoms with Gasteiger partial charge in [-0.3, -0.25) is 24.4 Å². The summed E-state index contributed by atoms with van der Waals surface area (Å²) in [5.74, 6) is 3.07. The molecule has 0 N–H and O–H groups in total. The van der Waals surface area contributed by atoms with Crippen LogP contribution in [0.4, 0.5) is 22.7 Å². The summed E-state index contributed by atoms with van der Waals surface area (Å²) in [6, 6.07) is 15.7. The van der Waals surface area contributed by atoms with E-state index in [4.69, 9.17) is 21.1 Å². The van der Waals surface area contributed by atoms with Crippen LogP contribution in [0.2, 0.25) is 5.15 Å². The molecule has 58 heavy (non-hydrogen) atoms. The fourth-order valence-electron chi connectivity index (χ4n) is 7.53. The topological polar surface area (TPSA) is 136 Å². The van der Waals surface area contributed by atoms with Crippen molar-refractivity contribution < 1.29 is 19.1 Å². The number of anilines is 4. The van der Waals surface area contributed by atoms with E-state index in [-0.39, 0.29) is 17.0 Å². The monoisotopic (exact) mass is 794 g/mol. The Morgan fingerprint density at radius 1 is 0.586 bits per heavy atom. The van der Waals surface area contributed by atoms with Crippen LogP contribution in [-0.4, -0.2) is 55.9 Å². The molecule has 1 fully saturated rings. The number of aryl methyl sites for hydroxylation is 2. The summed E-state index contributed by atoms with van der Waals surface area (Å²) < 4.78 is 10.9. The number of halogens is 1. The van der Waals surface area contributed by atoms with Gasteiger partial charge in [0.1, 0.15) is 17.4 Å². The highest BCUT2D eigenvalue weighted by molar-refractivity contribution is 6.31. The Kier molecular flexibility index (Phi) is 9.71. The maximum absolute atomic E-state index is 13.4. The minimum Gasteiger partial charge on any atom is -0.495 e. The predicted molar refractivity (Wildman–Crippen MR) is 223 cm³/mol. The normalized spacial score (nSPS) is 16.1. The molecule has 0 atom stereocenters. The first-order chi connectivity index (χ1) is 27.7. The number of pyridine rings is 2. The first-order valence-corrected chi connectivity index (χ1v) is 19.4. The van der Waals surface area contributed by atoms with Crippen LogP contribution in [0.5, 0.6) is 11.5 Å². The lowest BCUT2D eigenvalue weighted by Gasteiger charge is -2.21. The molecule has 3 aliphatic rings. The average molecular weight is 795 g/mol. The molecule has 0 saturated heterocycles. The molecule has 2 amide bonds. The Bertz CT molecular complexity index is 2590. The van der Waals surface area contributed by atoms with Crippen LogP contribution in [0.25, 0.3) is 22.3 Å². The van der Waals surface area contributed by atoms with Gasteiger partial charge < -0.3 is 9.47 Å². The molecule has 2 aromatic carbocycles. The highest BCUT2D eigenvalue weighted by Crippen LogP contribution is 2.50. The minimum absolute atomic E-state index is 0.0258. The van der Waals surface area contributed by atoms with E-state index in [0.29, 0.717) is 23.2 Å². The van der Waals surface area contributed by atoms with E-state index >= 15 is 0 Å². The van der Waals surface area contributed by atoms with E-state index in [1.807, 2.05) is 96.4 Å². The van der Waals surface area contributed by atoms with Crippen LogP contribution in [-0.2, 0) is 20.4 Å². The predicted octanol–water partition coefficient (Wildman–Crippen LogP) is 9.15. The molecule has 6 aromatic rings. The van der Waals surface area contributed by atoms with Gasteiger partial charge in [-0.1, -0.05) is 35.9 Å². The molecular formula is C45H43ClN8O4. The molecule has 4 aromatic heterocycles. The molecule has 0 bridgehead atoms. The van der Waals surface area contributed by atoms with Gasteiger partial charge in [-0.05, 0) is 88.8 Å². The molecule has 294 valence electrons. The Morgan fingerprint density at radius 2 is 1.02 bits per heavy atom. The number of rotatable bonds is 7. The summed E-state index contributed by atoms with van der Waals surface area (Å²) in [4.78, 5) is 56.1. The fourth-order valence-corrected chi connectivity index (χ4v) is 7.71. The lowest BCUT2D eigenvalue weighted by atomic mass is 9.85. The zero-order valence-electron chi connectivity index (χ0n) is 33.7. The largest absolute Gasteiger partial charge is 0.495 e. The first-order valence-electron chi connectivity index (χ1n) is 19.0. The van der Waals surface area contributed by atoms with Gasteiger partial charge in [0.15, 0.2) is 10.9 Å². The van der Waals surface area contributed by atoms with Crippen molar-refractivity contribution in [2.45, 2.75) is 71.1 Å². The number of benzene rings is 2. The fraction of sp³-hybridized carbons (Fsp3) is 0.289. The Hall–Kier alpha value is -6.27. The number of carbonyl (C=O) groups is 2. The van der Waals surface area contributed by atoms with Crippen LogP contribution in [0, 0.1) is 13.8 Å². The average Bonchev–Trinajstić information content (AvgIpc) is 4.02. The van der Waals surface area contributed by atoms with Crippen LogP contribution in [0.3, 0.4) is 0 Å². The van der Waals surface area contributed by atoms with Gasteiger partial charge in [-0.25, -0.2) is 24.9 Å². The summed E-state index contributed by atoms with van der Waals surface area (Å²) in [5, 5.41) is 0.253. The number of hydrogen-bond acceptors (Lipinski definition) is 10. The van der Waals surface area contributed by atoms with Gasteiger partial charge in [-0.15, -0.1) is 0 Å². The van der Waals surface area contributed by atoms with Crippen LogP contribution < -0.4 is 19.3 Å². The van der Waals surface area contributed by atoms with E-state index < -0.39 is 10.8 Å². The van der Waals surface area contributed by atoms with Gasteiger partial charge in [0.05, 0.1) is 65.9 Å². The second-order valence-electron chi connectivity index (χ2n) is 15.8. The number of methoxy groups -OCH3 is 2. The molecule has 6 heterocycles. The molecule has 0 radical (unpaired) electrons. The number of hydrogen-bond donors (Lipinski definition) is 0. The highest BCUT2D eigenvalue weighted by atomic mass is 35.5. The van der Waals surface area contributed by atoms with Crippen molar-refractivity contribution in [3.8, 4) is 33.8 Å². The Labute approximate surface area is 342 Å². The molecule has 1 saturated carbocycles. The lowest BCUT2D eigenvalue weighted by molar-refractivity contribution is -0.122. The van der Waals surface area contributed by atoms with Crippen molar-refractivity contribution >= 4 is 46.2 Å². The second-order valence-corrected chi connectivity index (χ2v) is 16.1. The van der Waals surface area contributed by atoms with Crippen molar-refractivity contribution in [3.05, 3.63) is 119 Å². The number of ether oxygens (including phenoxy) is 2. The number of amides is 2. The van der Waals surface area contributed by atoms with Gasteiger partial charge >= 0.3 is 0 Å². The van der Waals surface area contributed by atoms with Gasteiger partial charge in [-0.2, -0.15) is 0 Å². The third kappa shape index (κ3) is 6.70. The minimum atomic E-state index is -0.662. The lowest BCUT2D eigenvalue weighted by Crippen LogP contribution is -2.33. The molecular weight excluding hydrogens is 752 g/mol. The van der Waals surface area contributed by atoms with Crippen molar-refractivity contribution in [1.29, 1.82) is 0 Å². The summed E-state index contributed by atoms with van der Waals surface area (Å²) in [5.41, 5.74) is 8.35. The smallest absolute Gasteiger partial charge is 0.241 e. The maximum Gasteiger partial charge on any atom is 0.241 e. The number of nitrogens with zero attached hydrogens (tertiary/aromatic N) is 8. The third-order valence-corrected chi connectivity index (χ3v) is 11.4. The zero-order valence-corrected chi connectivity index (χ0v) is 34.4. The summed E-state index contributed by atoms with van der Waals surface area (Å²) in [6.45, 7) is 11.5. The Balaban J connectivity index is 0.000000162. The molecule has 0 spiro atoms. The van der Waals surface area contributed by atoms with E-state index in [0.717, 1.165) is 80.6 Å². The molecule has 2 aliphatic heterocycles. The molecule has 13 heteroatoms. The van der Waals surface area contributed by atoms with Crippen LogP contribution in [0.1, 0.15) is 74.9 Å². The van der Waals surface area contributed by atoms with Crippen molar-refractivity contribution in [1.82, 2.24) is 29.9 Å². The van der Waals surface area contributed by atoms with Crippen molar-refractivity contribution in [2.75, 3.05) is 24.0 Å². The summed E-state index contributed by atoms with van der Waals surface area (Å²) in [7, 11) is 3.18. The molecule has 9 rings (SSSR count). The van der Waals surface area contributed by atoms with Crippen molar-refractivity contribution in [3.63, 3.8) is 0 Å². The van der Waals surface area contributed by atoms with E-state index in [1.54, 1.807) is 47.8 Å². The second kappa shape index (κ2) is 14.6. The van der Waals surface area contributed by atoms with Crippen LogP contribution in [0.15, 0.2) is 85.7 Å². The number of aromatic nitrogens is 6. The number of fused-ring (bicyclic) bond motifs is 2. The highest BCUT2D eigenvalue weighted by Gasteiger charge is 2.46. The van der Waals surface area contributed by atoms with E-state index in [2.05, 4.69) is 29.9 Å². The Morgan fingerprint density at radius 3 is 1.45 bits per heavy atom. The van der Waals surface area contributed by atoms with E-state index in [9.17, 15) is 9.59 Å². The standard InChI is InChI=1S/C24H24N4O2.C21H19ClN4O2/c1-14-25-11-17(12-26-14)16-7-8-19-20(9-16)28(23(29)24(19,2)3)18-10-21(30-4)22(27-13-18)15-5-6-15;1-12-23-9-14(10-24-12)13-5-6-16-17(7-13)26(20(27)21(16,2)3)15-8-18(28-4)19(22)25-11-15/h7-13,15H,5-6H2,1-4H3;5-11H,1-4H3. The summed E-state index contributed by atoms with van der Waals surface area (Å²) in [6.07, 6.45) is 12.8. The van der Waals surface area contributed by atoms with Gasteiger partial charge in [0.2, 0.25) is 11.8 Å². The molecule has 12 nitrogen and oxygen atoms in total. The summed E-state index contributed by atoms with van der Waals surface area (Å²) >= 11 is 6.06. The third-order valence-electron chi connectivity index (χ3n) is 11.1. The van der Waals surface area contributed by atoms with Crippen LogP contribution >= 0.6 is 11.6 Å². The first kappa shape index (κ1) is 38.6. The molecule has 1 aliphatic carbocycles. The maximum atomic E-state index is 13.4. The number of carbonyl (C=O) groups excluding carboxylic acids is 2. The van der Waals surface area contributed by atoms with Crippen molar-refractivity contribution in [2.24, 2.45) is 0 Å². The van der Waals surface area contributed by atoms with Gasteiger partial charge in [0, 0.05) is 54.0 Å². The quantitative estimate of drug-likeness (QED) is 0.144. The van der Waals surface area contributed by atoms with Gasteiger partial charge in [0.25, 0.3) is 0 Å². The SMILES string of the molecule is COc1cc(N2C(=O)C(C)(C)c3ccc(-c4cnc(C)nc4)cc32)cnc1C1CC1.COc1cc(N2C(=O)C(C)(C)c3ccc(-c4cnc(C)nc4)cc32)cnc1Cl. The van der Waals surface area contributed by atoms with E-state index in [1.165, 1.54) is 7.11 Å². The zero-order chi connectivity index (χ0) is 41.1.